The number of hydrogen-bond acceptors (Lipinski definition) is 5. The van der Waals surface area contributed by atoms with Gasteiger partial charge in [0.15, 0.2) is 0 Å². The van der Waals surface area contributed by atoms with Crippen molar-refractivity contribution in [1.82, 2.24) is 20.3 Å². The molecule has 0 radical (unpaired) electrons. The van der Waals surface area contributed by atoms with Gasteiger partial charge in [0.1, 0.15) is 11.4 Å². The number of rotatable bonds is 5. The molecule has 0 aliphatic carbocycles. The van der Waals surface area contributed by atoms with Crippen molar-refractivity contribution in [1.29, 1.82) is 0 Å². The monoisotopic (exact) mass is 534 g/mol. The summed E-state index contributed by atoms with van der Waals surface area (Å²) >= 11 is 3.02. The Kier molecular flexibility index (Phi) is 6.91. The van der Waals surface area contributed by atoms with Crippen LogP contribution >= 0.6 is 15.9 Å². The Bertz CT molecular complexity index is 1150. The average Bonchev–Trinajstić information content (AvgIpc) is 2.71. The molecule has 0 bridgehead atoms. The van der Waals surface area contributed by atoms with Gasteiger partial charge in [-0.05, 0) is 37.3 Å². The summed E-state index contributed by atoms with van der Waals surface area (Å²) in [5.41, 5.74) is -0.650. The number of pyridine rings is 1. The Morgan fingerprint density at radius 1 is 1.03 bits per heavy atom. The highest BCUT2D eigenvalue weighted by Crippen LogP contribution is 2.31. The van der Waals surface area contributed by atoms with Crippen molar-refractivity contribution in [2.75, 3.05) is 0 Å². The van der Waals surface area contributed by atoms with E-state index in [-0.39, 0.29) is 27.1 Å². The zero-order chi connectivity index (χ0) is 24.4. The van der Waals surface area contributed by atoms with E-state index < -0.39 is 35.8 Å². The number of benzene rings is 1. The van der Waals surface area contributed by atoms with Crippen LogP contribution in [0.4, 0.5) is 26.3 Å². The molecule has 1 aromatic carbocycles. The largest absolute Gasteiger partial charge is 0.573 e. The zero-order valence-electron chi connectivity index (χ0n) is 16.5. The lowest BCUT2D eigenvalue weighted by Gasteiger charge is -2.17. The van der Waals surface area contributed by atoms with Gasteiger partial charge in [-0.15, -0.1) is 13.2 Å². The summed E-state index contributed by atoms with van der Waals surface area (Å²) < 4.78 is 79.9. The number of hydrogen-bond donors (Lipinski definition) is 1. The zero-order valence-corrected chi connectivity index (χ0v) is 18.1. The molecule has 0 saturated heterocycles. The molecule has 1 amide bonds. The lowest BCUT2D eigenvalue weighted by atomic mass is 10.1. The molecule has 1 unspecified atom stereocenters. The fraction of sp³-hybridized carbons (Fsp3) is 0.200. The molecule has 13 heteroatoms. The molecule has 0 saturated carbocycles. The first-order chi connectivity index (χ1) is 15.3. The van der Waals surface area contributed by atoms with Gasteiger partial charge in [0, 0.05) is 28.6 Å². The van der Waals surface area contributed by atoms with Gasteiger partial charge in [0.05, 0.1) is 23.0 Å². The van der Waals surface area contributed by atoms with Crippen molar-refractivity contribution in [3.63, 3.8) is 0 Å². The van der Waals surface area contributed by atoms with Crippen molar-refractivity contribution < 1.29 is 35.9 Å². The van der Waals surface area contributed by atoms with Crippen molar-refractivity contribution in [3.8, 4) is 17.1 Å². The predicted molar refractivity (Wildman–Crippen MR) is 107 cm³/mol. The van der Waals surface area contributed by atoms with Crippen LogP contribution in [-0.4, -0.2) is 27.2 Å². The van der Waals surface area contributed by atoms with Gasteiger partial charge in [0.25, 0.3) is 5.91 Å². The Labute approximate surface area is 191 Å². The molecular formula is C20H13BrF6N4O2. The SMILES string of the molecule is CC(NC(=O)c1cc(Br)cc(OC(F)(F)F)c1)c1nccnc1-c1ccc(C(F)(F)F)cn1. The molecule has 33 heavy (non-hydrogen) atoms. The van der Waals surface area contributed by atoms with E-state index in [2.05, 4.69) is 40.9 Å². The topological polar surface area (TPSA) is 77.0 Å². The quantitative estimate of drug-likeness (QED) is 0.424. The minimum atomic E-state index is -4.94. The normalized spacial score (nSPS) is 12.8. The first-order valence-electron chi connectivity index (χ1n) is 9.05. The second kappa shape index (κ2) is 9.33. The van der Waals surface area contributed by atoms with Crippen LogP contribution in [0.25, 0.3) is 11.4 Å². The van der Waals surface area contributed by atoms with Crippen molar-refractivity contribution in [2.45, 2.75) is 25.5 Å². The van der Waals surface area contributed by atoms with E-state index in [9.17, 15) is 31.1 Å². The minimum Gasteiger partial charge on any atom is -0.406 e. The molecule has 2 heterocycles. The maximum absolute atomic E-state index is 12.8. The third-order valence-electron chi connectivity index (χ3n) is 4.18. The number of carbonyl (C=O) groups is 1. The van der Waals surface area contributed by atoms with Gasteiger partial charge in [-0.2, -0.15) is 13.2 Å². The van der Waals surface area contributed by atoms with Crippen LogP contribution in [0.1, 0.15) is 34.6 Å². The number of halogens is 7. The Morgan fingerprint density at radius 2 is 1.73 bits per heavy atom. The van der Waals surface area contributed by atoms with Crippen LogP contribution in [0.5, 0.6) is 5.75 Å². The summed E-state index contributed by atoms with van der Waals surface area (Å²) in [5, 5.41) is 2.57. The highest BCUT2D eigenvalue weighted by atomic mass is 79.9. The molecule has 0 fully saturated rings. The number of nitrogens with zero attached hydrogens (tertiary/aromatic N) is 3. The third kappa shape index (κ3) is 6.40. The molecule has 0 aliphatic heterocycles. The van der Waals surface area contributed by atoms with Gasteiger partial charge in [-0.3, -0.25) is 19.7 Å². The van der Waals surface area contributed by atoms with Crippen LogP contribution in [0.3, 0.4) is 0 Å². The summed E-state index contributed by atoms with van der Waals surface area (Å²) in [6.07, 6.45) is -6.22. The molecule has 1 N–H and O–H groups in total. The maximum Gasteiger partial charge on any atom is 0.573 e. The molecule has 6 nitrogen and oxygen atoms in total. The first kappa shape index (κ1) is 24.4. The van der Waals surface area contributed by atoms with Gasteiger partial charge in [0.2, 0.25) is 0 Å². The van der Waals surface area contributed by atoms with Gasteiger partial charge < -0.3 is 10.1 Å². The number of ether oxygens (including phenoxy) is 1. The van der Waals surface area contributed by atoms with Gasteiger partial charge in [-0.25, -0.2) is 0 Å². The van der Waals surface area contributed by atoms with E-state index in [0.717, 1.165) is 24.3 Å². The molecule has 174 valence electrons. The van der Waals surface area contributed by atoms with E-state index in [1.165, 1.54) is 25.4 Å². The lowest BCUT2D eigenvalue weighted by Crippen LogP contribution is -2.28. The van der Waals surface area contributed by atoms with Gasteiger partial charge >= 0.3 is 12.5 Å². The third-order valence-corrected chi connectivity index (χ3v) is 4.64. The lowest BCUT2D eigenvalue weighted by molar-refractivity contribution is -0.274. The standard InChI is InChI=1S/C20H13BrF6N4O2/c1-10(31-18(32)11-6-13(21)8-14(7-11)33-20(25,26)27)16-17(29-5-4-28-16)15-3-2-12(9-30-15)19(22,23)24/h2-10H,1H3,(H,31,32). The second-order valence-corrected chi connectivity index (χ2v) is 7.55. The summed E-state index contributed by atoms with van der Waals surface area (Å²) in [5.74, 6) is -1.34. The van der Waals surface area contributed by atoms with Crippen molar-refractivity contribution in [2.24, 2.45) is 0 Å². The summed E-state index contributed by atoms with van der Waals surface area (Å²) in [6, 6.07) is 4.39. The van der Waals surface area contributed by atoms with Crippen LogP contribution in [0, 0.1) is 0 Å². The summed E-state index contributed by atoms with van der Waals surface area (Å²) in [4.78, 5) is 24.7. The van der Waals surface area contributed by atoms with E-state index in [4.69, 9.17) is 0 Å². The van der Waals surface area contributed by atoms with Crippen molar-refractivity contribution in [3.05, 3.63) is 70.2 Å². The van der Waals surface area contributed by atoms with E-state index in [1.54, 1.807) is 0 Å². The highest BCUT2D eigenvalue weighted by Gasteiger charge is 2.32. The van der Waals surface area contributed by atoms with E-state index >= 15 is 0 Å². The maximum atomic E-state index is 12.8. The highest BCUT2D eigenvalue weighted by molar-refractivity contribution is 9.10. The van der Waals surface area contributed by atoms with E-state index in [1.807, 2.05) is 0 Å². The minimum absolute atomic E-state index is 0.0931. The summed E-state index contributed by atoms with van der Waals surface area (Å²) in [6.45, 7) is 1.53. The summed E-state index contributed by atoms with van der Waals surface area (Å²) in [7, 11) is 0. The number of aromatic nitrogens is 3. The molecule has 0 spiro atoms. The number of amides is 1. The predicted octanol–water partition coefficient (Wildman–Crippen LogP) is 5.71. The number of nitrogens with one attached hydrogen (secondary N) is 1. The smallest absolute Gasteiger partial charge is 0.406 e. The molecule has 3 rings (SSSR count). The fourth-order valence-electron chi connectivity index (χ4n) is 2.80. The Hall–Kier alpha value is -3.22. The van der Waals surface area contributed by atoms with Crippen LogP contribution in [0.2, 0.25) is 0 Å². The number of carbonyl (C=O) groups excluding carboxylic acids is 1. The van der Waals surface area contributed by atoms with Gasteiger partial charge in [-0.1, -0.05) is 15.9 Å². The number of alkyl halides is 6. The molecule has 1 atom stereocenters. The van der Waals surface area contributed by atoms with Crippen molar-refractivity contribution >= 4 is 21.8 Å². The molecule has 3 aromatic rings. The second-order valence-electron chi connectivity index (χ2n) is 6.64. The Morgan fingerprint density at radius 3 is 2.33 bits per heavy atom. The molecule has 0 aliphatic rings. The Balaban J connectivity index is 1.84. The molecule has 2 aromatic heterocycles. The average molecular weight is 535 g/mol. The fourth-order valence-corrected chi connectivity index (χ4v) is 3.27. The van der Waals surface area contributed by atoms with E-state index in [0.29, 0.717) is 6.20 Å². The van der Waals surface area contributed by atoms with Crippen LogP contribution in [-0.2, 0) is 6.18 Å². The van der Waals surface area contributed by atoms with Crippen LogP contribution in [0.15, 0.2) is 53.4 Å². The molecular weight excluding hydrogens is 522 g/mol. The first-order valence-corrected chi connectivity index (χ1v) is 9.84. The van der Waals surface area contributed by atoms with Crippen LogP contribution < -0.4 is 10.1 Å².